The molecule has 0 fully saturated rings. The number of aromatic carboxylic acids is 1. The Morgan fingerprint density at radius 2 is 2.31 bits per heavy atom. The van der Waals surface area contributed by atoms with Gasteiger partial charge in [0.2, 0.25) is 0 Å². The molecule has 2 aromatic rings. The van der Waals surface area contributed by atoms with Gasteiger partial charge >= 0.3 is 5.97 Å². The lowest BCUT2D eigenvalue weighted by atomic mass is 10.2. The summed E-state index contributed by atoms with van der Waals surface area (Å²) in [6.07, 6.45) is 0. The lowest BCUT2D eigenvalue weighted by molar-refractivity contribution is 0.0694. The van der Waals surface area contributed by atoms with Crippen LogP contribution >= 0.6 is 27.5 Å². The van der Waals surface area contributed by atoms with Crippen LogP contribution in [-0.2, 0) is 0 Å². The number of benzene rings is 1. The second-order valence-electron chi connectivity index (χ2n) is 2.45. The SMILES string of the molecule is O=C(O)c1nsc2cccc(Br)c12. The molecule has 0 atom stereocenters. The van der Waals surface area contributed by atoms with Crippen molar-refractivity contribution >= 4 is 43.5 Å². The van der Waals surface area contributed by atoms with Crippen molar-refractivity contribution < 1.29 is 9.90 Å². The molecule has 0 unspecified atom stereocenters. The second kappa shape index (κ2) is 3.08. The Balaban J connectivity index is 2.86. The predicted molar refractivity (Wildman–Crippen MR) is 54.3 cm³/mol. The highest BCUT2D eigenvalue weighted by Gasteiger charge is 2.14. The maximum atomic E-state index is 10.8. The summed E-state index contributed by atoms with van der Waals surface area (Å²) in [5, 5.41) is 9.50. The van der Waals surface area contributed by atoms with Crippen molar-refractivity contribution in [2.45, 2.75) is 0 Å². The van der Waals surface area contributed by atoms with E-state index in [1.54, 1.807) is 0 Å². The van der Waals surface area contributed by atoms with Gasteiger partial charge in [0.1, 0.15) is 0 Å². The van der Waals surface area contributed by atoms with E-state index < -0.39 is 5.97 Å². The minimum Gasteiger partial charge on any atom is -0.476 e. The molecule has 1 aromatic heterocycles. The van der Waals surface area contributed by atoms with E-state index in [2.05, 4.69) is 20.3 Å². The zero-order valence-electron chi connectivity index (χ0n) is 6.32. The van der Waals surface area contributed by atoms with Gasteiger partial charge in [0, 0.05) is 9.86 Å². The first-order valence-electron chi connectivity index (χ1n) is 3.47. The molecular weight excluding hydrogens is 254 g/mol. The van der Waals surface area contributed by atoms with Crippen molar-refractivity contribution in [3.05, 3.63) is 28.4 Å². The molecular formula is C8H4BrNO2S. The van der Waals surface area contributed by atoms with E-state index in [4.69, 9.17) is 5.11 Å². The molecule has 1 N–H and O–H groups in total. The van der Waals surface area contributed by atoms with Crippen LogP contribution in [0.3, 0.4) is 0 Å². The van der Waals surface area contributed by atoms with Crippen molar-refractivity contribution in [1.29, 1.82) is 0 Å². The molecule has 2 rings (SSSR count). The molecule has 66 valence electrons. The molecule has 1 heterocycles. The van der Waals surface area contributed by atoms with Crippen molar-refractivity contribution in [1.82, 2.24) is 4.37 Å². The molecule has 5 heteroatoms. The molecule has 0 aliphatic heterocycles. The van der Waals surface area contributed by atoms with Crippen LogP contribution in [0.5, 0.6) is 0 Å². The largest absolute Gasteiger partial charge is 0.476 e. The van der Waals surface area contributed by atoms with Gasteiger partial charge < -0.3 is 5.11 Å². The van der Waals surface area contributed by atoms with Crippen molar-refractivity contribution in [3.8, 4) is 0 Å². The minimum absolute atomic E-state index is 0.118. The summed E-state index contributed by atoms with van der Waals surface area (Å²) in [5.74, 6) is -0.988. The Labute approximate surface area is 86.3 Å². The molecule has 0 bridgehead atoms. The fourth-order valence-electron chi connectivity index (χ4n) is 1.10. The van der Waals surface area contributed by atoms with Gasteiger partial charge in [-0.05, 0) is 23.7 Å². The summed E-state index contributed by atoms with van der Waals surface area (Å²) in [5.41, 5.74) is 0.118. The van der Waals surface area contributed by atoms with Gasteiger partial charge in [0.05, 0.1) is 4.70 Å². The number of hydrogen-bond acceptors (Lipinski definition) is 3. The fraction of sp³-hybridized carbons (Fsp3) is 0. The van der Waals surface area contributed by atoms with Crippen molar-refractivity contribution in [2.24, 2.45) is 0 Å². The third kappa shape index (κ3) is 1.34. The van der Waals surface area contributed by atoms with Crippen molar-refractivity contribution in [3.63, 3.8) is 0 Å². The normalized spacial score (nSPS) is 10.5. The van der Waals surface area contributed by atoms with Crippen LogP contribution in [0.2, 0.25) is 0 Å². The molecule has 1 aromatic carbocycles. The molecule has 13 heavy (non-hydrogen) atoms. The lowest BCUT2D eigenvalue weighted by Crippen LogP contribution is -1.96. The van der Waals surface area contributed by atoms with Crippen LogP contribution in [0.25, 0.3) is 10.1 Å². The Morgan fingerprint density at radius 1 is 1.54 bits per heavy atom. The minimum atomic E-state index is -0.988. The molecule has 0 spiro atoms. The molecule has 0 amide bonds. The first-order chi connectivity index (χ1) is 6.20. The summed E-state index contributed by atoms with van der Waals surface area (Å²) in [6, 6.07) is 5.52. The number of carboxylic acids is 1. The number of aromatic nitrogens is 1. The first kappa shape index (κ1) is 8.65. The standard InChI is InChI=1S/C8H4BrNO2S/c9-4-2-1-3-5-6(4)7(8(11)12)10-13-5/h1-3H,(H,11,12). The Morgan fingerprint density at radius 3 is 3.00 bits per heavy atom. The maximum Gasteiger partial charge on any atom is 0.356 e. The van der Waals surface area contributed by atoms with Gasteiger partial charge in [0.15, 0.2) is 5.69 Å². The molecule has 0 radical (unpaired) electrons. The topological polar surface area (TPSA) is 50.2 Å². The molecule has 0 saturated carbocycles. The zero-order valence-corrected chi connectivity index (χ0v) is 8.72. The van der Waals surface area contributed by atoms with Crippen LogP contribution in [-0.4, -0.2) is 15.4 Å². The number of fused-ring (bicyclic) bond motifs is 1. The van der Waals surface area contributed by atoms with Gasteiger partial charge in [-0.15, -0.1) is 0 Å². The van der Waals surface area contributed by atoms with Crippen LogP contribution in [0, 0.1) is 0 Å². The fourth-order valence-corrected chi connectivity index (χ4v) is 2.58. The summed E-state index contributed by atoms with van der Waals surface area (Å²) in [6.45, 7) is 0. The quantitative estimate of drug-likeness (QED) is 0.855. The van der Waals surface area contributed by atoms with E-state index in [1.807, 2.05) is 18.2 Å². The van der Waals surface area contributed by atoms with E-state index in [0.717, 1.165) is 9.17 Å². The maximum absolute atomic E-state index is 10.8. The van der Waals surface area contributed by atoms with Gasteiger partial charge in [-0.3, -0.25) is 0 Å². The zero-order chi connectivity index (χ0) is 9.42. The Hall–Kier alpha value is -0.940. The summed E-state index contributed by atoms with van der Waals surface area (Å²) < 4.78 is 5.52. The monoisotopic (exact) mass is 257 g/mol. The van der Waals surface area contributed by atoms with Crippen LogP contribution in [0.1, 0.15) is 10.5 Å². The summed E-state index contributed by atoms with van der Waals surface area (Å²) in [4.78, 5) is 10.8. The number of nitrogens with zero attached hydrogens (tertiary/aromatic N) is 1. The third-order valence-corrected chi connectivity index (χ3v) is 3.12. The van der Waals surface area contributed by atoms with Crippen LogP contribution in [0.15, 0.2) is 22.7 Å². The third-order valence-electron chi connectivity index (χ3n) is 1.65. The van der Waals surface area contributed by atoms with Crippen molar-refractivity contribution in [2.75, 3.05) is 0 Å². The number of hydrogen-bond donors (Lipinski definition) is 1. The highest BCUT2D eigenvalue weighted by molar-refractivity contribution is 9.10. The van der Waals surface area contributed by atoms with Gasteiger partial charge in [-0.25, -0.2) is 4.79 Å². The number of rotatable bonds is 1. The second-order valence-corrected chi connectivity index (χ2v) is 4.11. The molecule has 3 nitrogen and oxygen atoms in total. The Bertz CT molecular complexity index is 480. The van der Waals surface area contributed by atoms with E-state index in [0.29, 0.717) is 5.39 Å². The van der Waals surface area contributed by atoms with Crippen LogP contribution in [0.4, 0.5) is 0 Å². The molecule has 0 aliphatic carbocycles. The smallest absolute Gasteiger partial charge is 0.356 e. The van der Waals surface area contributed by atoms with Gasteiger partial charge in [0.25, 0.3) is 0 Å². The van der Waals surface area contributed by atoms with E-state index in [9.17, 15) is 4.79 Å². The van der Waals surface area contributed by atoms with E-state index in [1.165, 1.54) is 11.5 Å². The predicted octanol–water partition coefficient (Wildman–Crippen LogP) is 2.76. The highest BCUT2D eigenvalue weighted by atomic mass is 79.9. The number of carbonyl (C=O) groups is 1. The van der Waals surface area contributed by atoms with Gasteiger partial charge in [-0.2, -0.15) is 4.37 Å². The summed E-state index contributed by atoms with van der Waals surface area (Å²) in [7, 11) is 0. The van der Waals surface area contributed by atoms with Gasteiger partial charge in [-0.1, -0.05) is 22.0 Å². The number of carboxylic acid groups (broad SMARTS) is 1. The average Bonchev–Trinajstić information content (AvgIpc) is 2.49. The summed E-state index contributed by atoms with van der Waals surface area (Å²) >= 11 is 4.49. The number of halogens is 1. The lowest BCUT2D eigenvalue weighted by Gasteiger charge is -1.93. The molecule has 0 saturated heterocycles. The average molecular weight is 258 g/mol. The van der Waals surface area contributed by atoms with E-state index >= 15 is 0 Å². The van der Waals surface area contributed by atoms with E-state index in [-0.39, 0.29) is 5.69 Å². The molecule has 0 aliphatic rings. The highest BCUT2D eigenvalue weighted by Crippen LogP contribution is 2.29. The first-order valence-corrected chi connectivity index (χ1v) is 5.04. The van der Waals surface area contributed by atoms with Crippen LogP contribution < -0.4 is 0 Å². The Kier molecular flexibility index (Phi) is 2.05.